The van der Waals surface area contributed by atoms with Gasteiger partial charge in [-0.1, -0.05) is 0 Å². The first-order chi connectivity index (χ1) is 9.54. The van der Waals surface area contributed by atoms with Crippen LogP contribution >= 0.6 is 11.3 Å². The largest absolute Gasteiger partial charge is 0.481 e. The van der Waals surface area contributed by atoms with E-state index in [-0.39, 0.29) is 5.92 Å². The standard InChI is InChI=1S/C14H17N3O2S/c1-8-7-11-12(15-9(2)16-13(11)20-8)17-5-3-10(4-6-17)14(18)19/h7,10H,3-6H2,1-2H3,(H,18,19). The van der Waals surface area contributed by atoms with E-state index < -0.39 is 5.97 Å². The third kappa shape index (κ3) is 2.35. The molecular weight excluding hydrogens is 274 g/mol. The van der Waals surface area contributed by atoms with Crippen LogP contribution in [0.1, 0.15) is 23.5 Å². The van der Waals surface area contributed by atoms with Crippen LogP contribution in [0.15, 0.2) is 6.07 Å². The number of carboxylic acids is 1. The van der Waals surface area contributed by atoms with E-state index in [4.69, 9.17) is 5.11 Å². The topological polar surface area (TPSA) is 66.3 Å². The quantitative estimate of drug-likeness (QED) is 0.921. The molecule has 0 atom stereocenters. The van der Waals surface area contributed by atoms with E-state index in [9.17, 15) is 4.79 Å². The van der Waals surface area contributed by atoms with Crippen LogP contribution in [0.3, 0.4) is 0 Å². The number of piperidine rings is 1. The van der Waals surface area contributed by atoms with Crippen LogP contribution in [0.25, 0.3) is 10.2 Å². The first kappa shape index (κ1) is 13.3. The molecule has 0 amide bonds. The van der Waals surface area contributed by atoms with Crippen LogP contribution in [0.5, 0.6) is 0 Å². The molecule has 0 spiro atoms. The Morgan fingerprint density at radius 3 is 2.70 bits per heavy atom. The van der Waals surface area contributed by atoms with Crippen LogP contribution < -0.4 is 4.90 Å². The summed E-state index contributed by atoms with van der Waals surface area (Å²) in [6.45, 7) is 5.47. The molecule has 5 nitrogen and oxygen atoms in total. The number of rotatable bonds is 2. The molecule has 0 unspecified atom stereocenters. The van der Waals surface area contributed by atoms with Crippen molar-refractivity contribution in [3.8, 4) is 0 Å². The maximum atomic E-state index is 11.0. The third-order valence-corrected chi connectivity index (χ3v) is 4.70. The van der Waals surface area contributed by atoms with Gasteiger partial charge in [0.05, 0.1) is 11.3 Å². The molecule has 0 saturated carbocycles. The fraction of sp³-hybridized carbons (Fsp3) is 0.500. The maximum absolute atomic E-state index is 11.0. The molecule has 0 bridgehead atoms. The molecule has 1 saturated heterocycles. The summed E-state index contributed by atoms with van der Waals surface area (Å²) in [6, 6.07) is 2.12. The lowest BCUT2D eigenvalue weighted by molar-refractivity contribution is -0.142. The molecule has 2 aromatic heterocycles. The Kier molecular flexibility index (Phi) is 3.33. The summed E-state index contributed by atoms with van der Waals surface area (Å²) in [6.07, 6.45) is 1.37. The van der Waals surface area contributed by atoms with Gasteiger partial charge in [0, 0.05) is 18.0 Å². The number of aryl methyl sites for hydroxylation is 2. The molecular formula is C14H17N3O2S. The Morgan fingerprint density at radius 1 is 1.35 bits per heavy atom. The molecule has 3 heterocycles. The average Bonchev–Trinajstić information content (AvgIpc) is 2.78. The van der Waals surface area contributed by atoms with E-state index in [2.05, 4.69) is 27.9 Å². The number of hydrogen-bond donors (Lipinski definition) is 1. The zero-order valence-corrected chi connectivity index (χ0v) is 12.4. The van der Waals surface area contributed by atoms with Gasteiger partial charge >= 0.3 is 5.97 Å². The van der Waals surface area contributed by atoms with Crippen molar-refractivity contribution in [3.05, 3.63) is 16.8 Å². The second-order valence-electron chi connectivity index (χ2n) is 5.27. The smallest absolute Gasteiger partial charge is 0.306 e. The second kappa shape index (κ2) is 5.01. The van der Waals surface area contributed by atoms with Crippen LogP contribution in [0.4, 0.5) is 5.82 Å². The van der Waals surface area contributed by atoms with Crippen LogP contribution in [-0.2, 0) is 4.79 Å². The fourth-order valence-corrected chi connectivity index (χ4v) is 3.63. The molecule has 1 aliphatic rings. The molecule has 106 valence electrons. The summed E-state index contributed by atoms with van der Waals surface area (Å²) in [5.41, 5.74) is 0. The Bertz CT molecular complexity index is 660. The molecule has 1 aliphatic heterocycles. The van der Waals surface area contributed by atoms with Crippen molar-refractivity contribution in [1.29, 1.82) is 0 Å². The lowest BCUT2D eigenvalue weighted by Crippen LogP contribution is -2.37. The van der Waals surface area contributed by atoms with E-state index in [0.717, 1.165) is 34.9 Å². The number of aliphatic carboxylic acids is 1. The molecule has 3 rings (SSSR count). The van der Waals surface area contributed by atoms with Crippen molar-refractivity contribution in [1.82, 2.24) is 9.97 Å². The monoisotopic (exact) mass is 291 g/mol. The molecule has 0 aromatic carbocycles. The van der Waals surface area contributed by atoms with E-state index in [1.807, 2.05) is 6.92 Å². The number of hydrogen-bond acceptors (Lipinski definition) is 5. The molecule has 2 aromatic rings. The van der Waals surface area contributed by atoms with Gasteiger partial charge in [0.15, 0.2) is 0 Å². The van der Waals surface area contributed by atoms with Gasteiger partial charge in [-0.25, -0.2) is 9.97 Å². The van der Waals surface area contributed by atoms with Gasteiger partial charge in [0.25, 0.3) is 0 Å². The highest BCUT2D eigenvalue weighted by Gasteiger charge is 2.26. The van der Waals surface area contributed by atoms with Gasteiger partial charge in [0.2, 0.25) is 0 Å². The molecule has 20 heavy (non-hydrogen) atoms. The summed E-state index contributed by atoms with van der Waals surface area (Å²) >= 11 is 1.68. The fourth-order valence-electron chi connectivity index (χ4n) is 2.71. The highest BCUT2D eigenvalue weighted by Crippen LogP contribution is 2.32. The SMILES string of the molecule is Cc1nc(N2CCC(C(=O)O)CC2)c2cc(C)sc2n1. The third-order valence-electron chi connectivity index (χ3n) is 3.75. The van der Waals surface area contributed by atoms with Crippen LogP contribution in [-0.4, -0.2) is 34.1 Å². The maximum Gasteiger partial charge on any atom is 0.306 e. The summed E-state index contributed by atoms with van der Waals surface area (Å²) < 4.78 is 0. The Balaban J connectivity index is 1.93. The lowest BCUT2D eigenvalue weighted by atomic mass is 9.97. The van der Waals surface area contributed by atoms with E-state index >= 15 is 0 Å². The van der Waals surface area contributed by atoms with Gasteiger partial charge in [-0.05, 0) is 32.8 Å². The summed E-state index contributed by atoms with van der Waals surface area (Å²) in [5, 5.41) is 10.2. The van der Waals surface area contributed by atoms with Crippen molar-refractivity contribution in [2.45, 2.75) is 26.7 Å². The zero-order chi connectivity index (χ0) is 14.3. The molecule has 1 fully saturated rings. The van der Waals surface area contributed by atoms with E-state index in [1.54, 1.807) is 11.3 Å². The minimum Gasteiger partial charge on any atom is -0.481 e. The average molecular weight is 291 g/mol. The van der Waals surface area contributed by atoms with Gasteiger partial charge in [0.1, 0.15) is 16.5 Å². The normalized spacial score (nSPS) is 16.8. The highest BCUT2D eigenvalue weighted by molar-refractivity contribution is 7.18. The van der Waals surface area contributed by atoms with Crippen molar-refractivity contribution in [3.63, 3.8) is 0 Å². The minimum absolute atomic E-state index is 0.214. The van der Waals surface area contributed by atoms with Crippen LogP contribution in [0, 0.1) is 19.8 Å². The van der Waals surface area contributed by atoms with Crippen molar-refractivity contribution in [2.75, 3.05) is 18.0 Å². The molecule has 6 heteroatoms. The number of carbonyl (C=O) groups is 1. The Hall–Kier alpha value is -1.69. The Labute approximate surface area is 121 Å². The zero-order valence-electron chi connectivity index (χ0n) is 11.6. The predicted octanol–water partition coefficient (Wildman–Crippen LogP) is 2.61. The number of nitrogens with zero attached hydrogens (tertiary/aromatic N) is 3. The number of carboxylic acid groups (broad SMARTS) is 1. The first-order valence-corrected chi connectivity index (χ1v) is 7.59. The predicted molar refractivity (Wildman–Crippen MR) is 79.5 cm³/mol. The molecule has 0 radical (unpaired) electrons. The summed E-state index contributed by atoms with van der Waals surface area (Å²) in [4.78, 5) is 24.5. The number of anilines is 1. The number of aromatic nitrogens is 2. The van der Waals surface area contributed by atoms with Crippen LogP contribution in [0.2, 0.25) is 0 Å². The van der Waals surface area contributed by atoms with Crippen molar-refractivity contribution < 1.29 is 9.90 Å². The molecule has 0 aliphatic carbocycles. The summed E-state index contributed by atoms with van der Waals surface area (Å²) in [7, 11) is 0. The first-order valence-electron chi connectivity index (χ1n) is 6.77. The van der Waals surface area contributed by atoms with Crippen molar-refractivity contribution >= 4 is 33.3 Å². The van der Waals surface area contributed by atoms with Gasteiger partial charge in [-0.3, -0.25) is 4.79 Å². The number of thiophene rings is 1. The lowest BCUT2D eigenvalue weighted by Gasteiger charge is -2.31. The van der Waals surface area contributed by atoms with E-state index in [0.29, 0.717) is 12.8 Å². The van der Waals surface area contributed by atoms with E-state index in [1.165, 1.54) is 4.88 Å². The van der Waals surface area contributed by atoms with Gasteiger partial charge in [-0.15, -0.1) is 11.3 Å². The highest BCUT2D eigenvalue weighted by atomic mass is 32.1. The second-order valence-corrected chi connectivity index (χ2v) is 6.50. The Morgan fingerprint density at radius 2 is 2.05 bits per heavy atom. The molecule has 1 N–H and O–H groups in total. The summed E-state index contributed by atoms with van der Waals surface area (Å²) in [5.74, 6) is 0.837. The minimum atomic E-state index is -0.681. The van der Waals surface area contributed by atoms with Gasteiger partial charge in [-0.2, -0.15) is 0 Å². The number of fused-ring (bicyclic) bond motifs is 1. The van der Waals surface area contributed by atoms with Crippen molar-refractivity contribution in [2.24, 2.45) is 5.92 Å². The van der Waals surface area contributed by atoms with Gasteiger partial charge < -0.3 is 10.0 Å².